The summed E-state index contributed by atoms with van der Waals surface area (Å²) in [4.78, 5) is 17.3. The standard InChI is InChI=1S/C26H22N6O2/c1-34-22-9-7-20(8-10-22)23-17-24(32(29-23)21-5-3-2-4-6-21)26(33)28-25-13-16-31(30-25)18-19-11-14-27-15-12-19/h2-17H,18H2,1H3,(H,28,30,33). The lowest BCUT2D eigenvalue weighted by molar-refractivity contribution is 0.101. The Kier molecular flexibility index (Phi) is 5.85. The third-order valence-electron chi connectivity index (χ3n) is 5.30. The number of hydrogen-bond acceptors (Lipinski definition) is 5. The fourth-order valence-electron chi connectivity index (χ4n) is 3.58. The zero-order valence-electron chi connectivity index (χ0n) is 18.5. The lowest BCUT2D eigenvalue weighted by atomic mass is 10.1. The molecule has 0 bridgehead atoms. The van der Waals surface area contributed by atoms with E-state index < -0.39 is 0 Å². The third-order valence-corrected chi connectivity index (χ3v) is 5.30. The minimum absolute atomic E-state index is 0.301. The summed E-state index contributed by atoms with van der Waals surface area (Å²) in [7, 11) is 1.62. The number of nitrogens with one attached hydrogen (secondary N) is 1. The Balaban J connectivity index is 1.42. The Hall–Kier alpha value is -4.72. The summed E-state index contributed by atoms with van der Waals surface area (Å²) in [6, 6.07) is 24.5. The number of rotatable bonds is 7. The maximum atomic E-state index is 13.3. The van der Waals surface area contributed by atoms with Gasteiger partial charge in [0.05, 0.1) is 25.0 Å². The fourth-order valence-corrected chi connectivity index (χ4v) is 3.58. The Morgan fingerprint density at radius 1 is 0.941 bits per heavy atom. The van der Waals surface area contributed by atoms with E-state index in [1.807, 2.05) is 72.9 Å². The molecule has 0 spiro atoms. The van der Waals surface area contributed by atoms with Crippen molar-refractivity contribution in [1.29, 1.82) is 0 Å². The van der Waals surface area contributed by atoms with Crippen molar-refractivity contribution in [1.82, 2.24) is 24.5 Å². The number of benzene rings is 2. The first kappa shape index (κ1) is 21.1. The second kappa shape index (κ2) is 9.41. The van der Waals surface area contributed by atoms with Crippen molar-refractivity contribution >= 4 is 11.7 Å². The lowest BCUT2D eigenvalue weighted by Gasteiger charge is -2.07. The minimum atomic E-state index is -0.301. The Morgan fingerprint density at radius 3 is 2.44 bits per heavy atom. The molecule has 3 aromatic heterocycles. The highest BCUT2D eigenvalue weighted by Gasteiger charge is 2.19. The molecule has 0 radical (unpaired) electrons. The van der Waals surface area contributed by atoms with Crippen LogP contribution in [-0.2, 0) is 6.54 Å². The highest BCUT2D eigenvalue weighted by atomic mass is 16.5. The predicted molar refractivity (Wildman–Crippen MR) is 129 cm³/mol. The first-order valence-corrected chi connectivity index (χ1v) is 10.7. The van der Waals surface area contributed by atoms with Gasteiger partial charge >= 0.3 is 0 Å². The van der Waals surface area contributed by atoms with E-state index in [0.29, 0.717) is 23.8 Å². The molecule has 8 nitrogen and oxygen atoms in total. The van der Waals surface area contributed by atoms with Gasteiger partial charge in [-0.15, -0.1) is 0 Å². The van der Waals surface area contributed by atoms with Crippen molar-refractivity contribution in [2.75, 3.05) is 12.4 Å². The van der Waals surface area contributed by atoms with Crippen molar-refractivity contribution in [3.8, 4) is 22.7 Å². The molecule has 0 saturated heterocycles. The summed E-state index contributed by atoms with van der Waals surface area (Å²) < 4.78 is 8.65. The van der Waals surface area contributed by atoms with Crippen LogP contribution in [0.1, 0.15) is 16.1 Å². The Morgan fingerprint density at radius 2 is 1.71 bits per heavy atom. The molecule has 8 heteroatoms. The van der Waals surface area contributed by atoms with Crippen molar-refractivity contribution < 1.29 is 9.53 Å². The highest BCUT2D eigenvalue weighted by molar-refractivity contribution is 6.03. The van der Waals surface area contributed by atoms with Crippen LogP contribution in [0.4, 0.5) is 5.82 Å². The zero-order chi connectivity index (χ0) is 23.3. The van der Waals surface area contributed by atoms with E-state index in [-0.39, 0.29) is 5.91 Å². The molecule has 5 aromatic rings. The van der Waals surface area contributed by atoms with Crippen LogP contribution in [0.2, 0.25) is 0 Å². The molecule has 0 saturated carbocycles. The zero-order valence-corrected chi connectivity index (χ0v) is 18.5. The van der Waals surface area contributed by atoms with Crippen LogP contribution < -0.4 is 10.1 Å². The molecule has 0 atom stereocenters. The minimum Gasteiger partial charge on any atom is -0.497 e. The molecule has 0 aliphatic carbocycles. The van der Waals surface area contributed by atoms with E-state index in [2.05, 4.69) is 15.4 Å². The van der Waals surface area contributed by atoms with Crippen LogP contribution in [0, 0.1) is 0 Å². The van der Waals surface area contributed by atoms with E-state index in [1.165, 1.54) is 0 Å². The molecule has 1 amide bonds. The molecule has 34 heavy (non-hydrogen) atoms. The van der Waals surface area contributed by atoms with Gasteiger partial charge in [0, 0.05) is 30.2 Å². The van der Waals surface area contributed by atoms with Gasteiger partial charge in [-0.25, -0.2) is 4.68 Å². The average Bonchev–Trinajstić information content (AvgIpc) is 3.53. The molecule has 0 aliphatic rings. The summed E-state index contributed by atoms with van der Waals surface area (Å²) in [6.07, 6.45) is 5.31. The second-order valence-corrected chi connectivity index (χ2v) is 7.60. The Bertz CT molecular complexity index is 1390. The first-order valence-electron chi connectivity index (χ1n) is 10.7. The first-order chi connectivity index (χ1) is 16.7. The number of ether oxygens (including phenoxy) is 1. The molecule has 5 rings (SSSR count). The van der Waals surface area contributed by atoms with Gasteiger partial charge in [0.15, 0.2) is 5.82 Å². The van der Waals surface area contributed by atoms with Crippen molar-refractivity contribution in [3.63, 3.8) is 0 Å². The van der Waals surface area contributed by atoms with Crippen molar-refractivity contribution in [3.05, 3.63) is 109 Å². The number of hydrogen-bond donors (Lipinski definition) is 1. The summed E-state index contributed by atoms with van der Waals surface area (Å²) in [5, 5.41) is 12.1. The number of anilines is 1. The number of amides is 1. The van der Waals surface area contributed by atoms with Crippen molar-refractivity contribution in [2.45, 2.75) is 6.54 Å². The maximum absolute atomic E-state index is 13.3. The van der Waals surface area contributed by atoms with Gasteiger partial charge in [-0.05, 0) is 60.2 Å². The third kappa shape index (κ3) is 4.56. The number of pyridine rings is 1. The van der Waals surface area contributed by atoms with Gasteiger partial charge in [-0.1, -0.05) is 18.2 Å². The van der Waals surface area contributed by atoms with Gasteiger partial charge in [0.25, 0.3) is 5.91 Å². The largest absolute Gasteiger partial charge is 0.497 e. The van der Waals surface area contributed by atoms with Gasteiger partial charge in [0.1, 0.15) is 11.4 Å². The lowest BCUT2D eigenvalue weighted by Crippen LogP contribution is -2.17. The molecule has 0 aliphatic heterocycles. The fraction of sp³-hybridized carbons (Fsp3) is 0.0769. The predicted octanol–water partition coefficient (Wildman–Crippen LogP) is 4.44. The van der Waals surface area contributed by atoms with Crippen LogP contribution in [0.5, 0.6) is 5.75 Å². The van der Waals surface area contributed by atoms with E-state index in [0.717, 1.165) is 22.6 Å². The van der Waals surface area contributed by atoms with Gasteiger partial charge in [0.2, 0.25) is 0 Å². The van der Waals surface area contributed by atoms with E-state index in [9.17, 15) is 4.79 Å². The van der Waals surface area contributed by atoms with E-state index in [1.54, 1.807) is 41.0 Å². The van der Waals surface area contributed by atoms with Crippen LogP contribution in [0.25, 0.3) is 16.9 Å². The second-order valence-electron chi connectivity index (χ2n) is 7.60. The number of para-hydroxylation sites is 1. The molecule has 1 N–H and O–H groups in total. The summed E-state index contributed by atoms with van der Waals surface area (Å²) >= 11 is 0. The number of methoxy groups -OCH3 is 1. The smallest absolute Gasteiger partial charge is 0.275 e. The van der Waals surface area contributed by atoms with E-state index >= 15 is 0 Å². The van der Waals surface area contributed by atoms with Crippen LogP contribution in [0.3, 0.4) is 0 Å². The van der Waals surface area contributed by atoms with Gasteiger partial charge in [-0.3, -0.25) is 14.5 Å². The summed E-state index contributed by atoms with van der Waals surface area (Å²) in [5.41, 5.74) is 3.82. The van der Waals surface area contributed by atoms with Crippen molar-refractivity contribution in [2.24, 2.45) is 0 Å². The topological polar surface area (TPSA) is 86.9 Å². The highest BCUT2D eigenvalue weighted by Crippen LogP contribution is 2.24. The number of nitrogens with zero attached hydrogens (tertiary/aromatic N) is 5. The summed E-state index contributed by atoms with van der Waals surface area (Å²) in [6.45, 7) is 0.585. The quantitative estimate of drug-likeness (QED) is 0.396. The Labute approximate surface area is 196 Å². The van der Waals surface area contributed by atoms with Gasteiger partial charge < -0.3 is 10.1 Å². The van der Waals surface area contributed by atoms with Gasteiger partial charge in [-0.2, -0.15) is 10.2 Å². The van der Waals surface area contributed by atoms with Crippen LogP contribution in [-0.4, -0.2) is 37.6 Å². The molecular formula is C26H22N6O2. The molecular weight excluding hydrogens is 428 g/mol. The molecule has 2 aromatic carbocycles. The molecule has 0 unspecified atom stereocenters. The number of carbonyl (C=O) groups is 1. The normalized spacial score (nSPS) is 10.7. The SMILES string of the molecule is COc1ccc(-c2cc(C(=O)Nc3ccn(Cc4ccncc4)n3)n(-c3ccccc3)n2)cc1. The molecule has 0 fully saturated rings. The number of carbonyl (C=O) groups excluding carboxylic acids is 1. The van der Waals surface area contributed by atoms with E-state index in [4.69, 9.17) is 9.84 Å². The van der Waals surface area contributed by atoms with Crippen LogP contribution >= 0.6 is 0 Å². The maximum Gasteiger partial charge on any atom is 0.275 e. The molecule has 3 heterocycles. The van der Waals surface area contributed by atoms with Crippen LogP contribution in [0.15, 0.2) is 97.5 Å². The molecule has 168 valence electrons. The monoisotopic (exact) mass is 450 g/mol. The average molecular weight is 451 g/mol. The number of aromatic nitrogens is 5. The summed E-state index contributed by atoms with van der Waals surface area (Å²) in [5.74, 6) is 0.919.